The molecular weight excluding hydrogens is 546 g/mol. The van der Waals surface area contributed by atoms with Gasteiger partial charge >= 0.3 is 5.97 Å². The van der Waals surface area contributed by atoms with E-state index in [4.69, 9.17) is 23.9 Å². The van der Waals surface area contributed by atoms with Crippen LogP contribution in [0.2, 0.25) is 0 Å². The molecule has 0 spiro atoms. The summed E-state index contributed by atoms with van der Waals surface area (Å²) in [7, 11) is 0. The second kappa shape index (κ2) is 12.8. The number of ether oxygens (including phenoxy) is 4. The van der Waals surface area contributed by atoms with E-state index in [1.165, 1.54) is 11.8 Å². The normalized spacial score (nSPS) is 16.9. The molecule has 0 saturated carbocycles. The van der Waals surface area contributed by atoms with Gasteiger partial charge in [-0.1, -0.05) is 17.8 Å². The van der Waals surface area contributed by atoms with E-state index in [0.717, 1.165) is 5.56 Å². The molecule has 1 saturated heterocycles. The number of carbonyl (C=O) groups excluding carboxylic acids is 3. The summed E-state index contributed by atoms with van der Waals surface area (Å²) in [6.07, 6.45) is -0.00109. The molecular formula is C30H29N3O7S. The van der Waals surface area contributed by atoms with Crippen molar-refractivity contribution in [1.29, 1.82) is 0 Å². The maximum absolute atomic E-state index is 13.5. The predicted octanol–water partition coefficient (Wildman–Crippen LogP) is 5.15. The van der Waals surface area contributed by atoms with Crippen LogP contribution in [-0.4, -0.2) is 53.1 Å². The zero-order valence-electron chi connectivity index (χ0n) is 22.6. The Labute approximate surface area is 241 Å². The van der Waals surface area contributed by atoms with E-state index in [2.05, 4.69) is 5.32 Å². The lowest BCUT2D eigenvalue weighted by molar-refractivity contribution is -0.129. The summed E-state index contributed by atoms with van der Waals surface area (Å²) in [5, 5.41) is 2.56. The second-order valence-corrected chi connectivity index (χ2v) is 10.3. The minimum absolute atomic E-state index is 0.00109. The van der Waals surface area contributed by atoms with Crippen LogP contribution in [0.4, 0.5) is 11.4 Å². The number of rotatable bonds is 9. The van der Waals surface area contributed by atoms with Gasteiger partial charge in [0.1, 0.15) is 11.0 Å². The average molecular weight is 576 g/mol. The zero-order chi connectivity index (χ0) is 28.8. The van der Waals surface area contributed by atoms with Crippen molar-refractivity contribution in [1.82, 2.24) is 4.90 Å². The Morgan fingerprint density at radius 1 is 1.00 bits per heavy atom. The van der Waals surface area contributed by atoms with Crippen LogP contribution < -0.4 is 19.5 Å². The number of nitrogens with one attached hydrogen (secondary N) is 1. The molecule has 10 nitrogen and oxygen atoms in total. The number of hydrogen-bond acceptors (Lipinski definition) is 9. The van der Waals surface area contributed by atoms with Crippen molar-refractivity contribution >= 4 is 46.1 Å². The third-order valence-corrected chi connectivity index (χ3v) is 7.43. The standard InChI is InChI=1S/C30H29N3O7S/c1-3-37-23-12-10-21(11-13-23)31-28(35)26-16-27(34)33(17-19-5-14-24-25(15-19)40-18-39-24)30(41-26)32-22-8-6-20(7-9-22)29(36)38-4-2/h5-15,26H,3-4,16-18H2,1-2H3,(H,31,35)/t26-/m1/s1. The summed E-state index contributed by atoms with van der Waals surface area (Å²) >= 11 is 1.21. The fourth-order valence-corrected chi connectivity index (χ4v) is 5.34. The van der Waals surface area contributed by atoms with E-state index in [1.807, 2.05) is 19.1 Å². The van der Waals surface area contributed by atoms with Crippen molar-refractivity contribution in [3.05, 3.63) is 77.9 Å². The van der Waals surface area contributed by atoms with Crippen molar-refractivity contribution in [3.63, 3.8) is 0 Å². The Morgan fingerprint density at radius 3 is 2.49 bits per heavy atom. The van der Waals surface area contributed by atoms with Crippen LogP contribution in [0.15, 0.2) is 71.7 Å². The van der Waals surface area contributed by atoms with Gasteiger partial charge in [-0.15, -0.1) is 0 Å². The van der Waals surface area contributed by atoms with E-state index >= 15 is 0 Å². The van der Waals surface area contributed by atoms with Crippen LogP contribution in [0.25, 0.3) is 0 Å². The molecule has 2 aliphatic rings. The summed E-state index contributed by atoms with van der Waals surface area (Å²) in [4.78, 5) is 45.0. The number of amidine groups is 1. The molecule has 1 fully saturated rings. The lowest BCUT2D eigenvalue weighted by Gasteiger charge is -2.32. The van der Waals surface area contributed by atoms with E-state index in [1.54, 1.807) is 66.4 Å². The van der Waals surface area contributed by atoms with Gasteiger partial charge in [0.15, 0.2) is 16.7 Å². The van der Waals surface area contributed by atoms with E-state index in [-0.39, 0.29) is 38.2 Å². The predicted molar refractivity (Wildman–Crippen MR) is 155 cm³/mol. The maximum atomic E-state index is 13.5. The molecule has 0 aromatic heterocycles. The summed E-state index contributed by atoms with van der Waals surface area (Å²) in [5.41, 5.74) is 2.35. The first-order valence-electron chi connectivity index (χ1n) is 13.2. The van der Waals surface area contributed by atoms with Crippen molar-refractivity contribution in [2.24, 2.45) is 4.99 Å². The number of anilines is 1. The van der Waals surface area contributed by atoms with Crippen molar-refractivity contribution in [2.75, 3.05) is 25.3 Å². The molecule has 2 heterocycles. The SMILES string of the molecule is CCOC(=O)c1ccc(N=C2S[C@@H](C(=O)Nc3ccc(OCC)cc3)CC(=O)N2Cc2ccc3c(c2)OCO3)cc1. The van der Waals surface area contributed by atoms with Gasteiger partial charge in [0, 0.05) is 12.1 Å². The summed E-state index contributed by atoms with van der Waals surface area (Å²) in [6, 6.07) is 19.1. The topological polar surface area (TPSA) is 116 Å². The molecule has 3 aromatic rings. The summed E-state index contributed by atoms with van der Waals surface area (Å²) in [6.45, 7) is 4.84. The molecule has 0 bridgehead atoms. The van der Waals surface area contributed by atoms with E-state index < -0.39 is 11.2 Å². The highest BCUT2D eigenvalue weighted by Gasteiger charge is 2.36. The smallest absolute Gasteiger partial charge is 0.338 e. The highest BCUT2D eigenvalue weighted by Crippen LogP contribution is 2.35. The van der Waals surface area contributed by atoms with Crippen LogP contribution in [0, 0.1) is 0 Å². The Morgan fingerprint density at radius 2 is 1.76 bits per heavy atom. The van der Waals surface area contributed by atoms with Gasteiger partial charge in [0.05, 0.1) is 31.0 Å². The highest BCUT2D eigenvalue weighted by molar-refractivity contribution is 8.15. The number of aliphatic imine (C=N–C) groups is 1. The minimum atomic E-state index is -0.695. The number of hydrogen-bond donors (Lipinski definition) is 1. The number of fused-ring (bicyclic) bond motifs is 1. The number of benzene rings is 3. The molecule has 1 N–H and O–H groups in total. The van der Waals surface area contributed by atoms with Crippen molar-refractivity contribution in [3.8, 4) is 17.2 Å². The first-order valence-corrected chi connectivity index (χ1v) is 14.1. The number of nitrogens with zero attached hydrogens (tertiary/aromatic N) is 2. The van der Waals surface area contributed by atoms with Crippen LogP contribution in [0.5, 0.6) is 17.2 Å². The number of thioether (sulfide) groups is 1. The van der Waals surface area contributed by atoms with Crippen molar-refractivity contribution in [2.45, 2.75) is 32.1 Å². The van der Waals surface area contributed by atoms with Gasteiger partial charge < -0.3 is 24.3 Å². The average Bonchev–Trinajstić information content (AvgIpc) is 3.44. The van der Waals surface area contributed by atoms with E-state index in [0.29, 0.717) is 46.0 Å². The largest absolute Gasteiger partial charge is 0.494 e. The Balaban J connectivity index is 1.38. The molecule has 0 radical (unpaired) electrons. The third-order valence-electron chi connectivity index (χ3n) is 6.25. The lowest BCUT2D eigenvalue weighted by atomic mass is 10.1. The molecule has 5 rings (SSSR count). The summed E-state index contributed by atoms with van der Waals surface area (Å²) < 4.78 is 21.4. The van der Waals surface area contributed by atoms with Crippen LogP contribution >= 0.6 is 11.8 Å². The second-order valence-electron chi connectivity index (χ2n) is 9.09. The van der Waals surface area contributed by atoms with Crippen LogP contribution in [0.1, 0.15) is 36.2 Å². The van der Waals surface area contributed by atoms with Gasteiger partial charge in [-0.3, -0.25) is 14.5 Å². The fourth-order valence-electron chi connectivity index (χ4n) is 4.24. The van der Waals surface area contributed by atoms with E-state index in [9.17, 15) is 14.4 Å². The molecule has 2 aliphatic heterocycles. The monoisotopic (exact) mass is 575 g/mol. The Kier molecular flexibility index (Phi) is 8.73. The number of esters is 1. The molecule has 41 heavy (non-hydrogen) atoms. The summed E-state index contributed by atoms with van der Waals surface area (Å²) in [5.74, 6) is 0.991. The third kappa shape index (κ3) is 6.80. The van der Waals surface area contributed by atoms with Crippen LogP contribution in [0.3, 0.4) is 0 Å². The minimum Gasteiger partial charge on any atom is -0.494 e. The molecule has 212 valence electrons. The van der Waals surface area contributed by atoms with Crippen LogP contribution in [-0.2, 0) is 20.9 Å². The number of carbonyl (C=O) groups is 3. The van der Waals surface area contributed by atoms with Crippen molar-refractivity contribution < 1.29 is 33.3 Å². The quantitative estimate of drug-likeness (QED) is 0.348. The molecule has 0 unspecified atom stereocenters. The van der Waals surface area contributed by atoms with Gasteiger partial charge in [-0.25, -0.2) is 9.79 Å². The highest BCUT2D eigenvalue weighted by atomic mass is 32.2. The molecule has 2 amide bonds. The van der Waals surface area contributed by atoms with Gasteiger partial charge in [0.2, 0.25) is 18.6 Å². The first kappa shape index (κ1) is 28.0. The lowest BCUT2D eigenvalue weighted by Crippen LogP contribution is -2.44. The molecule has 0 aliphatic carbocycles. The molecule has 11 heteroatoms. The fraction of sp³-hybridized carbons (Fsp3) is 0.267. The van der Waals surface area contributed by atoms with Gasteiger partial charge in [-0.05, 0) is 80.1 Å². The molecule has 1 atom stereocenters. The number of amides is 2. The first-order chi connectivity index (χ1) is 19.9. The Hall–Kier alpha value is -4.51. The molecule has 3 aromatic carbocycles. The Bertz CT molecular complexity index is 1460. The van der Waals surface area contributed by atoms with Gasteiger partial charge in [-0.2, -0.15) is 0 Å². The zero-order valence-corrected chi connectivity index (χ0v) is 23.4. The maximum Gasteiger partial charge on any atom is 0.338 e. The van der Waals surface area contributed by atoms with Gasteiger partial charge in [0.25, 0.3) is 0 Å².